The first-order chi connectivity index (χ1) is 6.50. The maximum Gasteiger partial charge on any atom is 0.144 e. The molecule has 0 spiro atoms. The minimum Gasteiger partial charge on any atom is -0.234 e. The maximum absolute atomic E-state index is 11.6. The molecule has 1 aliphatic carbocycles. The lowest BCUT2D eigenvalue weighted by Gasteiger charge is -2.18. The average Bonchev–Trinajstić information content (AvgIpc) is 2.14. The van der Waals surface area contributed by atoms with Gasteiger partial charge in [0.05, 0.1) is 4.75 Å². The third kappa shape index (κ3) is 3.91. The topological polar surface area (TPSA) is 29.4 Å². The quantitative estimate of drug-likeness (QED) is 0.651. The highest BCUT2D eigenvalue weighted by molar-refractivity contribution is 7.85. The van der Waals surface area contributed by atoms with Crippen LogP contribution in [0.4, 0.5) is 0 Å². The highest BCUT2D eigenvalue weighted by Gasteiger charge is 2.19. The van der Waals surface area contributed by atoms with Crippen molar-refractivity contribution in [3.63, 3.8) is 0 Å². The Kier molecular flexibility index (Phi) is 4.30. The Hall–Kier alpha value is -0.180. The second-order valence-electron chi connectivity index (χ2n) is 5.01. The van der Waals surface area contributed by atoms with E-state index < -0.39 is 11.0 Å². The van der Waals surface area contributed by atoms with Crippen molar-refractivity contribution in [1.82, 2.24) is 0 Å². The van der Waals surface area contributed by atoms with Crippen molar-refractivity contribution in [3.8, 4) is 0 Å². The lowest BCUT2D eigenvalue weighted by Crippen LogP contribution is -2.20. The fourth-order valence-electron chi connectivity index (χ4n) is 1.58. The van der Waals surface area contributed by atoms with E-state index in [-0.39, 0.29) is 4.75 Å². The first-order valence-electron chi connectivity index (χ1n) is 5.46. The Morgan fingerprint density at radius 3 is 2.29 bits per heavy atom. The van der Waals surface area contributed by atoms with E-state index in [9.17, 15) is 4.21 Å². The molecule has 1 fully saturated rings. The van der Waals surface area contributed by atoms with E-state index in [2.05, 4.69) is 4.40 Å². The fourth-order valence-corrected chi connectivity index (χ4v) is 2.18. The summed E-state index contributed by atoms with van der Waals surface area (Å²) in [4.78, 5) is 0. The van der Waals surface area contributed by atoms with Gasteiger partial charge in [0.2, 0.25) is 0 Å². The van der Waals surface area contributed by atoms with Gasteiger partial charge in [-0.1, -0.05) is 19.3 Å². The zero-order chi connectivity index (χ0) is 10.6. The molecule has 0 N–H and O–H groups in total. The van der Waals surface area contributed by atoms with Crippen molar-refractivity contribution in [2.75, 3.05) is 0 Å². The molecular formula is C11H21NOS. The predicted octanol–water partition coefficient (Wildman–Crippen LogP) is 3.10. The molecule has 1 unspecified atom stereocenters. The molecule has 1 atom stereocenters. The number of hydrogen-bond acceptors (Lipinski definition) is 1. The van der Waals surface area contributed by atoms with Crippen molar-refractivity contribution in [1.29, 1.82) is 0 Å². The Labute approximate surface area is 89.8 Å². The molecule has 2 nitrogen and oxygen atoms in total. The van der Waals surface area contributed by atoms with Crippen LogP contribution >= 0.6 is 0 Å². The molecular weight excluding hydrogens is 194 g/mol. The summed E-state index contributed by atoms with van der Waals surface area (Å²) in [6.45, 7) is 5.88. The van der Waals surface area contributed by atoms with Crippen LogP contribution < -0.4 is 0 Å². The van der Waals surface area contributed by atoms with Gasteiger partial charge in [0.1, 0.15) is 11.0 Å². The molecule has 0 aliphatic heterocycles. The van der Waals surface area contributed by atoms with Gasteiger partial charge in [-0.3, -0.25) is 0 Å². The minimum absolute atomic E-state index is 0.217. The van der Waals surface area contributed by atoms with Gasteiger partial charge in [-0.25, -0.2) is 4.21 Å². The van der Waals surface area contributed by atoms with Gasteiger partial charge in [0.25, 0.3) is 0 Å². The van der Waals surface area contributed by atoms with E-state index in [1.54, 1.807) is 0 Å². The van der Waals surface area contributed by atoms with Gasteiger partial charge >= 0.3 is 0 Å². The SMILES string of the molecule is CC(C)(C)S(=O)/N=C/C1CCCCC1. The van der Waals surface area contributed by atoms with Crippen LogP contribution in [0.25, 0.3) is 0 Å². The van der Waals surface area contributed by atoms with E-state index in [0.29, 0.717) is 5.92 Å². The summed E-state index contributed by atoms with van der Waals surface area (Å²) in [7, 11) is -1.07. The first kappa shape index (κ1) is 11.9. The van der Waals surface area contributed by atoms with E-state index in [1.807, 2.05) is 27.0 Å². The smallest absolute Gasteiger partial charge is 0.144 e. The standard InChI is InChI=1S/C11H21NOS/c1-11(2,3)14(13)12-9-10-7-5-4-6-8-10/h9-10H,4-8H2,1-3H3/b12-9+. The van der Waals surface area contributed by atoms with E-state index >= 15 is 0 Å². The van der Waals surface area contributed by atoms with Crippen molar-refractivity contribution in [3.05, 3.63) is 0 Å². The summed E-state index contributed by atoms with van der Waals surface area (Å²) >= 11 is 0. The van der Waals surface area contributed by atoms with Crippen molar-refractivity contribution < 1.29 is 4.21 Å². The number of nitrogens with zero attached hydrogens (tertiary/aromatic N) is 1. The summed E-state index contributed by atoms with van der Waals surface area (Å²) in [5.74, 6) is 0.579. The van der Waals surface area contributed by atoms with Gasteiger partial charge in [0, 0.05) is 6.21 Å². The summed E-state index contributed by atoms with van der Waals surface area (Å²) in [6.07, 6.45) is 8.35. The molecule has 14 heavy (non-hydrogen) atoms. The lowest BCUT2D eigenvalue weighted by atomic mass is 9.90. The molecule has 1 rings (SSSR count). The van der Waals surface area contributed by atoms with Gasteiger partial charge in [-0.05, 0) is 39.5 Å². The second-order valence-corrected chi connectivity index (χ2v) is 6.95. The molecule has 0 aromatic heterocycles. The maximum atomic E-state index is 11.6. The lowest BCUT2D eigenvalue weighted by molar-refractivity contribution is 0.445. The van der Waals surface area contributed by atoms with Gasteiger partial charge in [-0.2, -0.15) is 4.40 Å². The zero-order valence-electron chi connectivity index (χ0n) is 9.45. The Bertz CT molecular complexity index is 224. The summed E-state index contributed by atoms with van der Waals surface area (Å²) in [5, 5.41) is 0. The average molecular weight is 215 g/mol. The summed E-state index contributed by atoms with van der Waals surface area (Å²) in [5.41, 5.74) is 0. The van der Waals surface area contributed by atoms with Crippen LogP contribution in [-0.2, 0) is 11.0 Å². The van der Waals surface area contributed by atoms with Gasteiger partial charge < -0.3 is 0 Å². The molecule has 0 aromatic rings. The summed E-state index contributed by atoms with van der Waals surface area (Å²) < 4.78 is 15.6. The third-order valence-electron chi connectivity index (χ3n) is 2.54. The molecule has 82 valence electrons. The number of hydrogen-bond donors (Lipinski definition) is 0. The molecule has 1 saturated carbocycles. The van der Waals surface area contributed by atoms with E-state index in [0.717, 1.165) is 0 Å². The van der Waals surface area contributed by atoms with Crippen molar-refractivity contribution in [2.45, 2.75) is 57.6 Å². The Morgan fingerprint density at radius 2 is 1.79 bits per heavy atom. The number of rotatable bonds is 2. The molecule has 0 radical (unpaired) electrons. The zero-order valence-corrected chi connectivity index (χ0v) is 10.3. The highest BCUT2D eigenvalue weighted by Crippen LogP contribution is 2.22. The van der Waals surface area contributed by atoms with Crippen LogP contribution in [0.15, 0.2) is 4.40 Å². The van der Waals surface area contributed by atoms with Crippen LogP contribution in [-0.4, -0.2) is 15.2 Å². The Morgan fingerprint density at radius 1 is 1.21 bits per heavy atom. The fraction of sp³-hybridized carbons (Fsp3) is 0.909. The monoisotopic (exact) mass is 215 g/mol. The molecule has 0 aromatic carbocycles. The second kappa shape index (κ2) is 5.06. The van der Waals surface area contributed by atoms with Gasteiger partial charge in [0.15, 0.2) is 0 Å². The Balaban J connectivity index is 2.42. The molecule has 0 amide bonds. The molecule has 3 heteroatoms. The predicted molar refractivity (Wildman–Crippen MR) is 63.0 cm³/mol. The van der Waals surface area contributed by atoms with Gasteiger partial charge in [-0.15, -0.1) is 0 Å². The molecule has 0 saturated heterocycles. The minimum atomic E-state index is -1.07. The van der Waals surface area contributed by atoms with Crippen molar-refractivity contribution in [2.24, 2.45) is 10.3 Å². The molecule has 0 heterocycles. The third-order valence-corrected chi connectivity index (χ3v) is 3.90. The van der Waals surface area contributed by atoms with E-state index in [4.69, 9.17) is 0 Å². The van der Waals surface area contributed by atoms with Crippen LogP contribution in [0, 0.1) is 5.92 Å². The molecule has 0 bridgehead atoms. The normalized spacial score (nSPS) is 22.8. The highest BCUT2D eigenvalue weighted by atomic mass is 32.2. The van der Waals surface area contributed by atoms with Crippen molar-refractivity contribution >= 4 is 17.2 Å². The van der Waals surface area contributed by atoms with Crippen LogP contribution in [0.5, 0.6) is 0 Å². The summed E-state index contributed by atoms with van der Waals surface area (Å²) in [6, 6.07) is 0. The van der Waals surface area contributed by atoms with Crippen LogP contribution in [0.3, 0.4) is 0 Å². The molecule has 1 aliphatic rings. The van der Waals surface area contributed by atoms with E-state index in [1.165, 1.54) is 32.1 Å². The van der Waals surface area contributed by atoms with Crippen LogP contribution in [0.2, 0.25) is 0 Å². The first-order valence-corrected chi connectivity index (χ1v) is 6.57. The largest absolute Gasteiger partial charge is 0.234 e. The van der Waals surface area contributed by atoms with Crippen LogP contribution in [0.1, 0.15) is 52.9 Å².